The summed E-state index contributed by atoms with van der Waals surface area (Å²) in [6.45, 7) is 5.11. The van der Waals surface area contributed by atoms with Crippen LogP contribution >= 0.6 is 15.9 Å². The Kier molecular flexibility index (Phi) is 5.31. The van der Waals surface area contributed by atoms with Crippen molar-refractivity contribution in [3.8, 4) is 0 Å². The van der Waals surface area contributed by atoms with Gasteiger partial charge >= 0.3 is 0 Å². The van der Waals surface area contributed by atoms with Gasteiger partial charge in [-0.25, -0.2) is 9.67 Å². The lowest BCUT2D eigenvalue weighted by molar-refractivity contribution is 0.170. The number of hydrogen-bond donors (Lipinski definition) is 1. The molecule has 1 aromatic heterocycles. The summed E-state index contributed by atoms with van der Waals surface area (Å²) < 4.78 is 2.91. The van der Waals surface area contributed by atoms with Gasteiger partial charge in [0.1, 0.15) is 12.2 Å². The second-order valence-electron chi connectivity index (χ2n) is 5.41. The average Bonchev–Trinajstić information content (AvgIpc) is 2.78. The molecule has 2 rings (SSSR count). The highest BCUT2D eigenvalue weighted by molar-refractivity contribution is 9.10. The molecule has 4 nitrogen and oxygen atoms in total. The molecule has 0 amide bonds. The fourth-order valence-electron chi connectivity index (χ4n) is 2.15. The number of halogens is 1. The van der Waals surface area contributed by atoms with Crippen LogP contribution in [0, 0.1) is 5.92 Å². The first-order valence-electron chi connectivity index (χ1n) is 6.84. The summed E-state index contributed by atoms with van der Waals surface area (Å²) in [5.74, 6) is 1.36. The van der Waals surface area contributed by atoms with Crippen LogP contribution in [-0.2, 0) is 19.4 Å². The number of aliphatic hydroxyl groups excluding tert-OH is 1. The molecule has 0 aliphatic rings. The Morgan fingerprint density at radius 3 is 2.70 bits per heavy atom. The first-order valence-corrected chi connectivity index (χ1v) is 7.63. The van der Waals surface area contributed by atoms with Gasteiger partial charge in [0.15, 0.2) is 0 Å². The van der Waals surface area contributed by atoms with Crippen LogP contribution in [0.3, 0.4) is 0 Å². The summed E-state index contributed by atoms with van der Waals surface area (Å²) in [5.41, 5.74) is 1.11. The number of aliphatic hydroxyl groups is 1. The van der Waals surface area contributed by atoms with E-state index in [2.05, 4.69) is 39.9 Å². The highest BCUT2D eigenvalue weighted by Crippen LogP contribution is 2.18. The van der Waals surface area contributed by atoms with Gasteiger partial charge in [-0.05, 0) is 24.0 Å². The quantitative estimate of drug-likeness (QED) is 0.881. The lowest BCUT2D eigenvalue weighted by atomic mass is 10.1. The highest BCUT2D eigenvalue weighted by atomic mass is 79.9. The number of hydrogen-bond acceptors (Lipinski definition) is 3. The lowest BCUT2D eigenvalue weighted by Crippen LogP contribution is -2.19. The molecule has 1 N–H and O–H groups in total. The summed E-state index contributed by atoms with van der Waals surface area (Å²) in [5, 5.41) is 14.5. The second-order valence-corrected chi connectivity index (χ2v) is 6.26. The monoisotopic (exact) mass is 337 g/mol. The zero-order valence-corrected chi connectivity index (χ0v) is 13.4. The minimum Gasteiger partial charge on any atom is -0.392 e. The van der Waals surface area contributed by atoms with Crippen LogP contribution in [0.1, 0.15) is 25.2 Å². The van der Waals surface area contributed by atoms with Gasteiger partial charge in [0, 0.05) is 17.4 Å². The van der Waals surface area contributed by atoms with Gasteiger partial charge in [0.25, 0.3) is 0 Å². The Bertz CT molecular complexity index is 554. The second kappa shape index (κ2) is 6.99. The minimum absolute atomic E-state index is 0.455. The standard InChI is InChI=1S/C15H20BrN3O/c1-11(2)9-19-15(17-10-18-19)8-13(20)7-12-5-3-4-6-14(12)16/h3-6,10-11,13,20H,7-9H2,1-2H3. The van der Waals surface area contributed by atoms with Gasteiger partial charge in [-0.3, -0.25) is 0 Å². The van der Waals surface area contributed by atoms with Crippen molar-refractivity contribution in [3.63, 3.8) is 0 Å². The Hall–Kier alpha value is -1.20. The SMILES string of the molecule is CC(C)Cn1ncnc1CC(O)Cc1ccccc1Br. The molecular weight excluding hydrogens is 318 g/mol. The number of rotatable bonds is 6. The predicted molar refractivity (Wildman–Crippen MR) is 82.4 cm³/mol. The number of nitrogens with zero attached hydrogens (tertiary/aromatic N) is 3. The van der Waals surface area contributed by atoms with Crippen molar-refractivity contribution in [2.24, 2.45) is 5.92 Å². The number of aromatic nitrogens is 3. The van der Waals surface area contributed by atoms with Crippen molar-refractivity contribution in [2.75, 3.05) is 0 Å². The van der Waals surface area contributed by atoms with Crippen LogP contribution in [0.5, 0.6) is 0 Å². The Morgan fingerprint density at radius 1 is 1.25 bits per heavy atom. The normalized spacial score (nSPS) is 12.8. The molecule has 0 saturated carbocycles. The van der Waals surface area contributed by atoms with Crippen molar-refractivity contribution in [1.82, 2.24) is 14.8 Å². The van der Waals surface area contributed by atoms with Crippen molar-refractivity contribution in [2.45, 2.75) is 39.3 Å². The van der Waals surface area contributed by atoms with Crippen molar-refractivity contribution >= 4 is 15.9 Å². The van der Waals surface area contributed by atoms with Gasteiger partial charge in [-0.1, -0.05) is 48.0 Å². The van der Waals surface area contributed by atoms with Crippen LogP contribution in [0.25, 0.3) is 0 Å². The van der Waals surface area contributed by atoms with E-state index in [1.54, 1.807) is 6.33 Å². The molecule has 0 fully saturated rings. The predicted octanol–water partition coefficient (Wildman–Crippen LogP) is 2.84. The van der Waals surface area contributed by atoms with Gasteiger partial charge in [0.2, 0.25) is 0 Å². The van der Waals surface area contributed by atoms with Crippen LogP contribution in [0.2, 0.25) is 0 Å². The van der Waals surface area contributed by atoms with Gasteiger partial charge in [0.05, 0.1) is 6.10 Å². The molecule has 0 aliphatic carbocycles. The first-order chi connectivity index (χ1) is 9.56. The zero-order chi connectivity index (χ0) is 14.5. The summed E-state index contributed by atoms with van der Waals surface area (Å²) in [6.07, 6.45) is 2.23. The van der Waals surface area contributed by atoms with Gasteiger partial charge in [-0.2, -0.15) is 5.10 Å². The van der Waals surface area contributed by atoms with E-state index in [-0.39, 0.29) is 0 Å². The van der Waals surface area contributed by atoms with E-state index in [1.807, 2.05) is 28.9 Å². The smallest absolute Gasteiger partial charge is 0.138 e. The molecule has 0 radical (unpaired) electrons. The van der Waals surface area contributed by atoms with Gasteiger partial charge < -0.3 is 5.11 Å². The largest absolute Gasteiger partial charge is 0.392 e. The van der Waals surface area contributed by atoms with Crippen LogP contribution in [-0.4, -0.2) is 26.0 Å². The van der Waals surface area contributed by atoms with E-state index in [9.17, 15) is 5.11 Å². The summed E-state index contributed by atoms with van der Waals surface area (Å²) in [7, 11) is 0. The van der Waals surface area contributed by atoms with E-state index in [0.717, 1.165) is 22.4 Å². The maximum atomic E-state index is 10.3. The molecule has 0 aliphatic heterocycles. The van der Waals surface area contributed by atoms with Crippen molar-refractivity contribution < 1.29 is 5.11 Å². The fourth-order valence-corrected chi connectivity index (χ4v) is 2.59. The third-order valence-electron chi connectivity index (χ3n) is 3.07. The molecular formula is C15H20BrN3O. The van der Waals surface area contributed by atoms with Gasteiger partial charge in [-0.15, -0.1) is 0 Å². The Balaban J connectivity index is 2.00. The zero-order valence-electron chi connectivity index (χ0n) is 11.8. The molecule has 1 unspecified atom stereocenters. The molecule has 108 valence electrons. The molecule has 0 saturated heterocycles. The molecule has 1 aromatic carbocycles. The average molecular weight is 338 g/mol. The van der Waals surface area contributed by atoms with Crippen LogP contribution in [0.15, 0.2) is 35.1 Å². The summed E-state index contributed by atoms with van der Waals surface area (Å²) in [6, 6.07) is 7.96. The Labute approximate surface area is 128 Å². The number of benzene rings is 1. The van der Waals surface area contributed by atoms with Crippen molar-refractivity contribution in [3.05, 3.63) is 46.5 Å². The molecule has 20 heavy (non-hydrogen) atoms. The minimum atomic E-state index is -0.455. The maximum Gasteiger partial charge on any atom is 0.138 e. The fraction of sp³-hybridized carbons (Fsp3) is 0.467. The van der Waals surface area contributed by atoms with E-state index >= 15 is 0 Å². The molecule has 5 heteroatoms. The Morgan fingerprint density at radius 2 is 2.00 bits per heavy atom. The summed E-state index contributed by atoms with van der Waals surface area (Å²) in [4.78, 5) is 4.25. The molecule has 2 aromatic rings. The molecule has 0 bridgehead atoms. The van der Waals surface area contributed by atoms with Crippen molar-refractivity contribution in [1.29, 1.82) is 0 Å². The van der Waals surface area contributed by atoms with E-state index < -0.39 is 6.10 Å². The maximum absolute atomic E-state index is 10.3. The molecule has 0 spiro atoms. The van der Waals surface area contributed by atoms with E-state index in [1.165, 1.54) is 0 Å². The lowest BCUT2D eigenvalue weighted by Gasteiger charge is -2.13. The first kappa shape index (κ1) is 15.2. The third kappa shape index (κ3) is 4.15. The van der Waals surface area contributed by atoms with E-state index in [4.69, 9.17) is 0 Å². The molecule has 1 atom stereocenters. The molecule has 1 heterocycles. The van der Waals surface area contributed by atoms with Crippen LogP contribution in [0.4, 0.5) is 0 Å². The highest BCUT2D eigenvalue weighted by Gasteiger charge is 2.13. The van der Waals surface area contributed by atoms with E-state index in [0.29, 0.717) is 18.8 Å². The third-order valence-corrected chi connectivity index (χ3v) is 3.84. The topological polar surface area (TPSA) is 50.9 Å². The summed E-state index contributed by atoms with van der Waals surface area (Å²) >= 11 is 3.51. The van der Waals surface area contributed by atoms with Crippen LogP contribution < -0.4 is 0 Å².